The lowest BCUT2D eigenvalue weighted by atomic mass is 9.89. The van der Waals surface area contributed by atoms with E-state index >= 15 is 0 Å². The van der Waals surface area contributed by atoms with Crippen molar-refractivity contribution < 1.29 is 4.79 Å². The maximum atomic E-state index is 12.4. The van der Waals surface area contributed by atoms with E-state index in [1.807, 2.05) is 31.2 Å². The van der Waals surface area contributed by atoms with Crippen molar-refractivity contribution in [3.63, 3.8) is 0 Å². The van der Waals surface area contributed by atoms with Crippen LogP contribution in [0.3, 0.4) is 0 Å². The molecule has 0 aliphatic heterocycles. The smallest absolute Gasteiger partial charge is 0.238 e. The van der Waals surface area contributed by atoms with Crippen LogP contribution in [0.25, 0.3) is 0 Å². The van der Waals surface area contributed by atoms with Crippen LogP contribution in [0.15, 0.2) is 24.3 Å². The lowest BCUT2D eigenvalue weighted by Crippen LogP contribution is -2.30. The zero-order valence-corrected chi connectivity index (χ0v) is 16.5. The second-order valence-corrected chi connectivity index (χ2v) is 8.42. The van der Waals surface area contributed by atoms with Crippen LogP contribution >= 0.6 is 22.9 Å². The van der Waals surface area contributed by atoms with Crippen molar-refractivity contribution in [2.75, 3.05) is 11.9 Å². The molecule has 1 aliphatic carbocycles. The minimum Gasteiger partial charge on any atom is -0.315 e. The molecular weight excluding hydrogens is 366 g/mol. The predicted octanol–water partition coefficient (Wildman–Crippen LogP) is 4.69. The molecule has 1 aliphatic rings. The number of halogens is 1. The summed E-state index contributed by atoms with van der Waals surface area (Å²) in [6, 6.07) is 9.87. The highest BCUT2D eigenvalue weighted by molar-refractivity contribution is 7.16. The van der Waals surface area contributed by atoms with Gasteiger partial charge in [0, 0.05) is 15.9 Å². The van der Waals surface area contributed by atoms with Crippen LogP contribution in [0.4, 0.5) is 5.00 Å². The number of hydrogen-bond acceptors (Lipinski definition) is 4. The van der Waals surface area contributed by atoms with Gasteiger partial charge in [-0.1, -0.05) is 30.7 Å². The number of amides is 1. The van der Waals surface area contributed by atoms with Gasteiger partial charge in [0.05, 0.1) is 12.1 Å². The van der Waals surface area contributed by atoms with Crippen LogP contribution in [-0.4, -0.2) is 12.5 Å². The molecule has 4 nitrogen and oxygen atoms in total. The Hall–Kier alpha value is -1.87. The monoisotopic (exact) mass is 387 g/mol. The summed E-state index contributed by atoms with van der Waals surface area (Å²) in [5, 5.41) is 17.0. The highest BCUT2D eigenvalue weighted by Gasteiger charge is 2.24. The summed E-state index contributed by atoms with van der Waals surface area (Å²) < 4.78 is 0. The number of benzene rings is 1. The maximum Gasteiger partial charge on any atom is 0.238 e. The van der Waals surface area contributed by atoms with Crippen LogP contribution in [0.1, 0.15) is 47.9 Å². The molecule has 1 amide bonds. The van der Waals surface area contributed by atoms with Crippen molar-refractivity contribution >= 4 is 33.8 Å². The third-order valence-electron chi connectivity index (χ3n) is 4.79. The Kier molecular flexibility index (Phi) is 5.98. The Balaban J connectivity index is 1.63. The van der Waals surface area contributed by atoms with Crippen LogP contribution in [0, 0.1) is 17.2 Å². The summed E-state index contributed by atoms with van der Waals surface area (Å²) in [5.41, 5.74) is 2.81. The molecule has 1 aromatic heterocycles. The summed E-state index contributed by atoms with van der Waals surface area (Å²) in [6.07, 6.45) is 3.02. The minimum absolute atomic E-state index is 0.00674. The first kappa shape index (κ1) is 18.9. The Morgan fingerprint density at radius 1 is 1.50 bits per heavy atom. The quantitative estimate of drug-likeness (QED) is 0.782. The number of thiophene rings is 1. The molecule has 2 N–H and O–H groups in total. The van der Waals surface area contributed by atoms with Gasteiger partial charge in [-0.3, -0.25) is 4.79 Å². The van der Waals surface area contributed by atoms with E-state index in [0.29, 0.717) is 21.5 Å². The van der Waals surface area contributed by atoms with Gasteiger partial charge >= 0.3 is 0 Å². The Bertz CT molecular complexity index is 855. The standard InChI is InChI=1S/C20H22ClN3OS/c1-12-6-7-16-17(10-22)20(26-18(16)8-12)24-19(25)11-23-13(2)14-4-3-5-15(21)9-14/h3-5,9,12-13,23H,6-8,11H2,1-2H3,(H,24,25)/t12-,13-/m1/s1. The first-order valence-corrected chi connectivity index (χ1v) is 10.0. The van der Waals surface area contributed by atoms with Crippen molar-refractivity contribution in [2.24, 2.45) is 5.92 Å². The van der Waals surface area contributed by atoms with Crippen LogP contribution in [0.2, 0.25) is 5.02 Å². The number of nitrogens with one attached hydrogen (secondary N) is 2. The van der Waals surface area contributed by atoms with Gasteiger partial charge in [-0.25, -0.2) is 0 Å². The summed E-state index contributed by atoms with van der Waals surface area (Å²) in [7, 11) is 0. The number of carbonyl (C=O) groups excluding carboxylic acids is 1. The third-order valence-corrected chi connectivity index (χ3v) is 6.20. The number of carbonyl (C=O) groups is 1. The minimum atomic E-state index is -0.137. The van der Waals surface area contributed by atoms with Gasteiger partial charge in [0.25, 0.3) is 0 Å². The molecule has 2 atom stereocenters. The van der Waals surface area contributed by atoms with E-state index in [4.69, 9.17) is 11.6 Å². The van der Waals surface area contributed by atoms with E-state index in [1.54, 1.807) is 11.3 Å². The van der Waals surface area contributed by atoms with Gasteiger partial charge in [-0.15, -0.1) is 11.3 Å². The Morgan fingerprint density at radius 2 is 2.31 bits per heavy atom. The van der Waals surface area contributed by atoms with Crippen molar-refractivity contribution in [3.8, 4) is 6.07 Å². The molecular formula is C20H22ClN3OS. The van der Waals surface area contributed by atoms with E-state index in [2.05, 4.69) is 23.6 Å². The largest absolute Gasteiger partial charge is 0.315 e. The summed E-state index contributed by atoms with van der Waals surface area (Å²) >= 11 is 7.57. The van der Waals surface area contributed by atoms with Gasteiger partial charge in [0.15, 0.2) is 0 Å². The zero-order chi connectivity index (χ0) is 18.7. The topological polar surface area (TPSA) is 64.9 Å². The fourth-order valence-electron chi connectivity index (χ4n) is 3.27. The SMILES string of the molecule is C[C@@H]1CCc2c(sc(NC(=O)CN[C@H](C)c3cccc(Cl)c3)c2C#N)C1. The molecule has 136 valence electrons. The molecule has 0 unspecified atom stereocenters. The second kappa shape index (κ2) is 8.22. The van der Waals surface area contributed by atoms with Crippen LogP contribution in [0.5, 0.6) is 0 Å². The van der Waals surface area contributed by atoms with Crippen LogP contribution in [-0.2, 0) is 17.6 Å². The zero-order valence-electron chi connectivity index (χ0n) is 14.9. The number of nitriles is 1. The van der Waals surface area contributed by atoms with E-state index in [9.17, 15) is 10.1 Å². The first-order chi connectivity index (χ1) is 12.5. The molecule has 3 rings (SSSR count). The fourth-order valence-corrected chi connectivity index (χ4v) is 4.84. The fraction of sp³-hybridized carbons (Fsp3) is 0.400. The molecule has 2 aromatic rings. The molecule has 26 heavy (non-hydrogen) atoms. The van der Waals surface area contributed by atoms with E-state index in [0.717, 1.165) is 30.4 Å². The Labute approximate surface area is 163 Å². The lowest BCUT2D eigenvalue weighted by Gasteiger charge is -2.17. The van der Waals surface area contributed by atoms with E-state index in [1.165, 1.54) is 4.88 Å². The first-order valence-electron chi connectivity index (χ1n) is 8.81. The molecule has 1 aromatic carbocycles. The van der Waals surface area contributed by atoms with Crippen molar-refractivity contribution in [1.82, 2.24) is 5.32 Å². The molecule has 0 spiro atoms. The van der Waals surface area contributed by atoms with Crippen molar-refractivity contribution in [3.05, 3.63) is 50.9 Å². The molecule has 6 heteroatoms. The number of nitrogens with zero attached hydrogens (tertiary/aromatic N) is 1. The molecule has 0 radical (unpaired) electrons. The van der Waals surface area contributed by atoms with Crippen molar-refractivity contribution in [2.45, 2.75) is 39.2 Å². The van der Waals surface area contributed by atoms with E-state index < -0.39 is 0 Å². The summed E-state index contributed by atoms with van der Waals surface area (Å²) in [6.45, 7) is 4.40. The Morgan fingerprint density at radius 3 is 3.04 bits per heavy atom. The highest BCUT2D eigenvalue weighted by Crippen LogP contribution is 2.39. The lowest BCUT2D eigenvalue weighted by molar-refractivity contribution is -0.115. The summed E-state index contributed by atoms with van der Waals surface area (Å²) in [5.74, 6) is 0.499. The molecule has 0 saturated heterocycles. The second-order valence-electron chi connectivity index (χ2n) is 6.87. The average Bonchev–Trinajstić information content (AvgIpc) is 2.95. The van der Waals surface area contributed by atoms with Crippen LogP contribution < -0.4 is 10.6 Å². The predicted molar refractivity (Wildman–Crippen MR) is 107 cm³/mol. The van der Waals surface area contributed by atoms with Gasteiger partial charge < -0.3 is 10.6 Å². The van der Waals surface area contributed by atoms with Gasteiger partial charge in [-0.2, -0.15) is 5.26 Å². The molecule has 0 saturated carbocycles. The van der Waals surface area contributed by atoms with Gasteiger partial charge in [0.1, 0.15) is 11.1 Å². The normalized spacial score (nSPS) is 17.2. The molecule has 1 heterocycles. The van der Waals surface area contributed by atoms with E-state index in [-0.39, 0.29) is 18.5 Å². The number of rotatable bonds is 5. The average molecular weight is 388 g/mol. The van der Waals surface area contributed by atoms with Gasteiger partial charge in [0.2, 0.25) is 5.91 Å². The molecule has 0 fully saturated rings. The number of hydrogen-bond donors (Lipinski definition) is 2. The summed E-state index contributed by atoms with van der Waals surface area (Å²) in [4.78, 5) is 13.6. The van der Waals surface area contributed by atoms with Gasteiger partial charge in [-0.05, 0) is 55.4 Å². The number of anilines is 1. The number of fused-ring (bicyclic) bond motifs is 1. The van der Waals surface area contributed by atoms with Crippen molar-refractivity contribution in [1.29, 1.82) is 5.26 Å². The molecule has 0 bridgehead atoms. The third kappa shape index (κ3) is 4.27. The highest BCUT2D eigenvalue weighted by atomic mass is 35.5. The maximum absolute atomic E-state index is 12.4.